The van der Waals surface area contributed by atoms with Crippen LogP contribution >= 0.6 is 0 Å². The molecule has 2 aromatic carbocycles. The molecule has 2 aromatic rings. The normalized spacial score (nSPS) is 11.2. The average Bonchev–Trinajstić information content (AvgIpc) is 2.41. The van der Waals surface area contributed by atoms with Crippen molar-refractivity contribution in [3.63, 3.8) is 0 Å². The summed E-state index contributed by atoms with van der Waals surface area (Å²) in [6.45, 7) is 3.47. The summed E-state index contributed by atoms with van der Waals surface area (Å²) in [6, 6.07) is 18.7. The molecule has 0 aliphatic heterocycles. The number of hydrogen-bond donors (Lipinski definition) is 1. The van der Waals surface area contributed by atoms with Gasteiger partial charge >= 0.3 is 126 Å². The Morgan fingerprint density at radius 2 is 1.65 bits per heavy atom. The fourth-order valence-corrected chi connectivity index (χ4v) is 3.76. The van der Waals surface area contributed by atoms with Crippen LogP contribution in [0.25, 0.3) is 0 Å². The van der Waals surface area contributed by atoms with E-state index < -0.39 is 0 Å². The minimum absolute atomic E-state index is 0.0565. The van der Waals surface area contributed by atoms with Gasteiger partial charge in [-0.1, -0.05) is 0 Å². The van der Waals surface area contributed by atoms with Gasteiger partial charge < -0.3 is 0 Å². The Morgan fingerprint density at radius 3 is 2.35 bits per heavy atom. The standard InChI is InChI=1S/C17H17NOSe/c1-13(12-14(2)19)18-16-10-6-7-11-17(16)20-15-8-4-3-5-9-15/h3-12,18H,1-2H3. The predicted octanol–water partition coefficient (Wildman–Crippen LogP) is 2.25. The Hall–Kier alpha value is -1.83. The molecule has 2 rings (SSSR count). The van der Waals surface area contributed by atoms with Crippen molar-refractivity contribution in [1.82, 2.24) is 0 Å². The van der Waals surface area contributed by atoms with Gasteiger partial charge in [0.05, 0.1) is 0 Å². The third-order valence-corrected chi connectivity index (χ3v) is 4.88. The van der Waals surface area contributed by atoms with Crippen LogP contribution in [0.15, 0.2) is 66.4 Å². The van der Waals surface area contributed by atoms with Crippen LogP contribution in [0.4, 0.5) is 5.69 Å². The number of rotatable bonds is 5. The van der Waals surface area contributed by atoms with E-state index in [1.807, 2.05) is 19.1 Å². The number of para-hydroxylation sites is 1. The molecule has 0 saturated heterocycles. The van der Waals surface area contributed by atoms with Gasteiger partial charge in [-0.05, 0) is 0 Å². The van der Waals surface area contributed by atoms with Crippen LogP contribution in [0.5, 0.6) is 0 Å². The predicted molar refractivity (Wildman–Crippen MR) is 86.0 cm³/mol. The first-order chi connectivity index (χ1) is 9.65. The number of hydrogen-bond acceptors (Lipinski definition) is 2. The summed E-state index contributed by atoms with van der Waals surface area (Å²) in [4.78, 5) is 11.1. The van der Waals surface area contributed by atoms with Crippen molar-refractivity contribution in [2.75, 3.05) is 5.32 Å². The third kappa shape index (κ3) is 4.37. The van der Waals surface area contributed by atoms with Gasteiger partial charge in [0, 0.05) is 0 Å². The molecule has 0 heterocycles. The summed E-state index contributed by atoms with van der Waals surface area (Å²) in [5.41, 5.74) is 1.94. The maximum absolute atomic E-state index is 11.1. The monoisotopic (exact) mass is 331 g/mol. The molecule has 0 aliphatic rings. The SMILES string of the molecule is CC(=O)C=C(C)Nc1ccccc1[Se]c1ccccc1. The Morgan fingerprint density at radius 1 is 1.00 bits per heavy atom. The second-order valence-electron chi connectivity index (χ2n) is 4.47. The van der Waals surface area contributed by atoms with E-state index in [2.05, 4.69) is 47.8 Å². The van der Waals surface area contributed by atoms with Gasteiger partial charge in [-0.3, -0.25) is 0 Å². The Kier molecular flexibility index (Phi) is 5.16. The molecule has 0 aliphatic carbocycles. The van der Waals surface area contributed by atoms with E-state index in [1.54, 1.807) is 13.0 Å². The van der Waals surface area contributed by atoms with Gasteiger partial charge in [-0.2, -0.15) is 0 Å². The second-order valence-corrected chi connectivity index (χ2v) is 6.81. The second kappa shape index (κ2) is 7.09. The van der Waals surface area contributed by atoms with Gasteiger partial charge in [0.2, 0.25) is 0 Å². The number of anilines is 1. The van der Waals surface area contributed by atoms with Crippen molar-refractivity contribution < 1.29 is 4.79 Å². The van der Waals surface area contributed by atoms with Crippen LogP contribution in [-0.2, 0) is 4.79 Å². The molecule has 2 nitrogen and oxygen atoms in total. The Balaban J connectivity index is 2.20. The first kappa shape index (κ1) is 14.6. The number of nitrogens with one attached hydrogen (secondary N) is 1. The van der Waals surface area contributed by atoms with Crippen molar-refractivity contribution in [2.24, 2.45) is 0 Å². The van der Waals surface area contributed by atoms with Crippen LogP contribution in [0.3, 0.4) is 0 Å². The number of benzene rings is 2. The van der Waals surface area contributed by atoms with Crippen molar-refractivity contribution in [3.05, 3.63) is 66.4 Å². The van der Waals surface area contributed by atoms with E-state index in [0.29, 0.717) is 0 Å². The van der Waals surface area contributed by atoms with Gasteiger partial charge in [-0.25, -0.2) is 0 Å². The molecule has 0 radical (unpaired) electrons. The zero-order valence-electron chi connectivity index (χ0n) is 11.6. The third-order valence-electron chi connectivity index (χ3n) is 2.61. The van der Waals surface area contributed by atoms with Crippen LogP contribution in [0.1, 0.15) is 13.8 Å². The Bertz CT molecular complexity index is 620. The van der Waals surface area contributed by atoms with E-state index >= 15 is 0 Å². The van der Waals surface area contributed by atoms with Crippen LogP contribution < -0.4 is 14.2 Å². The number of carbonyl (C=O) groups is 1. The quantitative estimate of drug-likeness (QED) is 0.673. The van der Waals surface area contributed by atoms with E-state index in [0.717, 1.165) is 11.4 Å². The molecule has 20 heavy (non-hydrogen) atoms. The first-order valence-corrected chi connectivity index (χ1v) is 8.14. The molecule has 0 unspecified atom stereocenters. The summed E-state index contributed by atoms with van der Waals surface area (Å²) in [6.07, 6.45) is 1.62. The molecule has 0 saturated carbocycles. The average molecular weight is 330 g/mol. The van der Waals surface area contributed by atoms with Gasteiger partial charge in [-0.15, -0.1) is 0 Å². The van der Waals surface area contributed by atoms with E-state index in [4.69, 9.17) is 0 Å². The topological polar surface area (TPSA) is 29.1 Å². The fraction of sp³-hybridized carbons (Fsp3) is 0.118. The summed E-state index contributed by atoms with van der Waals surface area (Å²) in [5.74, 6) is 0.0565. The van der Waals surface area contributed by atoms with Crippen molar-refractivity contribution in [2.45, 2.75) is 13.8 Å². The Labute approximate surface area is 126 Å². The first-order valence-electron chi connectivity index (χ1n) is 6.43. The van der Waals surface area contributed by atoms with E-state index in [9.17, 15) is 4.79 Å². The summed E-state index contributed by atoms with van der Waals surface area (Å²) in [7, 11) is 0. The van der Waals surface area contributed by atoms with Crippen molar-refractivity contribution in [3.8, 4) is 0 Å². The summed E-state index contributed by atoms with van der Waals surface area (Å²) >= 11 is 0.251. The van der Waals surface area contributed by atoms with Gasteiger partial charge in [0.25, 0.3) is 0 Å². The molecular formula is C17H17NOSe. The molecule has 0 fully saturated rings. The summed E-state index contributed by atoms with van der Waals surface area (Å²) in [5, 5.41) is 3.32. The summed E-state index contributed by atoms with van der Waals surface area (Å²) < 4.78 is 2.62. The molecule has 0 amide bonds. The zero-order chi connectivity index (χ0) is 14.4. The van der Waals surface area contributed by atoms with Crippen molar-refractivity contribution >= 4 is 35.4 Å². The van der Waals surface area contributed by atoms with Gasteiger partial charge in [0.15, 0.2) is 0 Å². The fourth-order valence-electron chi connectivity index (χ4n) is 1.83. The van der Waals surface area contributed by atoms with E-state index in [1.165, 1.54) is 8.92 Å². The van der Waals surface area contributed by atoms with E-state index in [-0.39, 0.29) is 20.7 Å². The van der Waals surface area contributed by atoms with Crippen LogP contribution in [-0.4, -0.2) is 20.7 Å². The molecule has 3 heteroatoms. The van der Waals surface area contributed by atoms with Crippen molar-refractivity contribution in [1.29, 1.82) is 0 Å². The number of ketones is 1. The molecule has 0 spiro atoms. The molecule has 0 bridgehead atoms. The van der Waals surface area contributed by atoms with Gasteiger partial charge in [0.1, 0.15) is 0 Å². The number of carbonyl (C=O) groups excluding carboxylic acids is 1. The molecule has 1 N–H and O–H groups in total. The minimum atomic E-state index is 0.0565. The van der Waals surface area contributed by atoms with Crippen LogP contribution in [0, 0.1) is 0 Å². The zero-order valence-corrected chi connectivity index (χ0v) is 13.3. The number of allylic oxidation sites excluding steroid dienone is 2. The molecule has 0 atom stereocenters. The maximum atomic E-state index is 11.1. The molecule has 102 valence electrons. The molecule has 0 aromatic heterocycles. The molecular weight excluding hydrogens is 313 g/mol. The van der Waals surface area contributed by atoms with Crippen LogP contribution in [0.2, 0.25) is 0 Å².